The van der Waals surface area contributed by atoms with E-state index in [0.29, 0.717) is 28.3 Å². The van der Waals surface area contributed by atoms with Crippen molar-refractivity contribution >= 4 is 22.3 Å². The van der Waals surface area contributed by atoms with Gasteiger partial charge >= 0.3 is 5.69 Å². The Morgan fingerprint density at radius 1 is 0.969 bits per heavy atom. The van der Waals surface area contributed by atoms with Gasteiger partial charge in [0.2, 0.25) is 0 Å². The first kappa shape index (κ1) is 19.7. The molecule has 158 valence electrons. The van der Waals surface area contributed by atoms with Crippen molar-refractivity contribution in [2.75, 3.05) is 7.11 Å². The molecule has 2 heterocycles. The molecule has 5 aromatic rings. The van der Waals surface area contributed by atoms with E-state index in [1.807, 2.05) is 55.5 Å². The second kappa shape index (κ2) is 7.77. The lowest BCUT2D eigenvalue weighted by Crippen LogP contribution is -2.30. The number of fused-ring (bicyclic) bond motifs is 3. The summed E-state index contributed by atoms with van der Waals surface area (Å²) < 4.78 is 7.88. The van der Waals surface area contributed by atoms with Gasteiger partial charge in [-0.2, -0.15) is 4.52 Å². The molecule has 32 heavy (non-hydrogen) atoms. The lowest BCUT2D eigenvalue weighted by molar-refractivity contribution is 0.0971. The molecule has 3 aromatic carbocycles. The van der Waals surface area contributed by atoms with Crippen molar-refractivity contribution in [1.29, 1.82) is 0 Å². The van der Waals surface area contributed by atoms with Crippen LogP contribution in [0.3, 0.4) is 0 Å². The van der Waals surface area contributed by atoms with Crippen molar-refractivity contribution in [3.63, 3.8) is 0 Å². The Hall–Kier alpha value is -4.26. The highest BCUT2D eigenvalue weighted by atomic mass is 16.5. The Morgan fingerprint density at radius 3 is 2.41 bits per heavy atom. The van der Waals surface area contributed by atoms with E-state index in [1.165, 1.54) is 9.08 Å². The first-order chi connectivity index (χ1) is 15.5. The van der Waals surface area contributed by atoms with Gasteiger partial charge in [-0.25, -0.2) is 9.78 Å². The van der Waals surface area contributed by atoms with Crippen LogP contribution in [0, 0.1) is 6.92 Å². The summed E-state index contributed by atoms with van der Waals surface area (Å²) in [7, 11) is 1.57. The van der Waals surface area contributed by atoms with Crippen LogP contribution in [0.25, 0.3) is 27.9 Å². The molecule has 0 fully saturated rings. The normalized spacial score (nSPS) is 11.2. The average molecular weight is 424 g/mol. The monoisotopic (exact) mass is 424 g/mol. The van der Waals surface area contributed by atoms with E-state index in [4.69, 9.17) is 4.74 Å². The molecule has 0 N–H and O–H groups in total. The molecule has 0 aliphatic heterocycles. The zero-order valence-electron chi connectivity index (χ0n) is 17.6. The van der Waals surface area contributed by atoms with E-state index in [0.717, 1.165) is 16.5 Å². The number of hydrogen-bond donors (Lipinski definition) is 0. The quantitative estimate of drug-likeness (QED) is 0.400. The third-order valence-corrected chi connectivity index (χ3v) is 5.48. The standard InChI is InChI=1S/C25H20N4O3/c1-16-7-9-18(10-8-16)23-26-24-20-5-3-4-6-21(20)28(25(31)29(24)27-23)15-22(30)17-11-13-19(32-2)14-12-17/h3-14H,15H2,1-2H3. The molecule has 0 bridgehead atoms. The number of ketones is 1. The maximum atomic E-state index is 13.4. The fourth-order valence-electron chi connectivity index (χ4n) is 3.72. The van der Waals surface area contributed by atoms with E-state index < -0.39 is 5.69 Å². The van der Waals surface area contributed by atoms with Crippen LogP contribution in [-0.2, 0) is 6.54 Å². The molecule has 0 spiro atoms. The number of nitrogens with zero attached hydrogens (tertiary/aromatic N) is 4. The minimum atomic E-state index is -0.411. The largest absolute Gasteiger partial charge is 0.497 e. The highest BCUT2D eigenvalue weighted by Gasteiger charge is 2.18. The van der Waals surface area contributed by atoms with Gasteiger partial charge in [0, 0.05) is 16.5 Å². The van der Waals surface area contributed by atoms with Gasteiger partial charge in [0.1, 0.15) is 5.75 Å². The average Bonchev–Trinajstić information content (AvgIpc) is 3.28. The van der Waals surface area contributed by atoms with Crippen molar-refractivity contribution in [1.82, 2.24) is 19.2 Å². The maximum absolute atomic E-state index is 13.4. The van der Waals surface area contributed by atoms with Gasteiger partial charge in [-0.05, 0) is 43.3 Å². The molecule has 0 unspecified atom stereocenters. The number of benzene rings is 3. The van der Waals surface area contributed by atoms with Crippen LogP contribution in [0.1, 0.15) is 15.9 Å². The van der Waals surface area contributed by atoms with Gasteiger partial charge in [-0.1, -0.05) is 42.0 Å². The van der Waals surface area contributed by atoms with Crippen LogP contribution < -0.4 is 10.4 Å². The molecule has 0 aliphatic carbocycles. The number of aryl methyl sites for hydroxylation is 1. The number of rotatable bonds is 5. The van der Waals surface area contributed by atoms with Gasteiger partial charge in [0.15, 0.2) is 17.3 Å². The van der Waals surface area contributed by atoms with E-state index in [2.05, 4.69) is 10.1 Å². The fraction of sp³-hybridized carbons (Fsp3) is 0.120. The maximum Gasteiger partial charge on any atom is 0.351 e. The molecular weight excluding hydrogens is 404 g/mol. The number of aromatic nitrogens is 4. The molecule has 7 heteroatoms. The summed E-state index contributed by atoms with van der Waals surface area (Å²) in [6, 6.07) is 22.1. The van der Waals surface area contributed by atoms with Gasteiger partial charge in [-0.3, -0.25) is 9.36 Å². The summed E-state index contributed by atoms with van der Waals surface area (Å²) in [6.45, 7) is 1.90. The number of para-hydroxylation sites is 1. The zero-order valence-corrected chi connectivity index (χ0v) is 17.6. The summed E-state index contributed by atoms with van der Waals surface area (Å²) in [4.78, 5) is 31.0. The number of carbonyl (C=O) groups is 1. The van der Waals surface area contributed by atoms with Gasteiger partial charge in [0.25, 0.3) is 0 Å². The van der Waals surface area contributed by atoms with Crippen molar-refractivity contribution in [2.24, 2.45) is 0 Å². The van der Waals surface area contributed by atoms with Crippen LogP contribution in [-0.4, -0.2) is 32.1 Å². The summed E-state index contributed by atoms with van der Waals surface area (Å²) in [5, 5.41) is 5.22. The second-order valence-corrected chi connectivity index (χ2v) is 7.57. The topological polar surface area (TPSA) is 78.5 Å². The molecule has 7 nitrogen and oxygen atoms in total. The van der Waals surface area contributed by atoms with Gasteiger partial charge in [0.05, 0.1) is 19.2 Å². The minimum absolute atomic E-state index is 0.110. The Bertz CT molecular complexity index is 1510. The fourth-order valence-corrected chi connectivity index (χ4v) is 3.72. The first-order valence-electron chi connectivity index (χ1n) is 10.2. The van der Waals surface area contributed by atoms with Gasteiger partial charge in [-0.15, -0.1) is 5.10 Å². The molecule has 0 amide bonds. The lowest BCUT2D eigenvalue weighted by atomic mass is 10.1. The van der Waals surface area contributed by atoms with Gasteiger partial charge < -0.3 is 4.74 Å². The van der Waals surface area contributed by atoms with E-state index in [1.54, 1.807) is 31.4 Å². The predicted octanol–water partition coefficient (Wildman–Crippen LogP) is 3.91. The highest BCUT2D eigenvalue weighted by Crippen LogP contribution is 2.22. The van der Waals surface area contributed by atoms with Crippen molar-refractivity contribution in [2.45, 2.75) is 13.5 Å². The molecule has 0 saturated heterocycles. The number of carbonyl (C=O) groups excluding carboxylic acids is 1. The van der Waals surface area contributed by atoms with Crippen molar-refractivity contribution < 1.29 is 9.53 Å². The Kier molecular flexibility index (Phi) is 4.78. The second-order valence-electron chi connectivity index (χ2n) is 7.57. The summed E-state index contributed by atoms with van der Waals surface area (Å²) in [5.41, 5.74) is 3.14. The smallest absolute Gasteiger partial charge is 0.351 e. The van der Waals surface area contributed by atoms with Crippen LogP contribution in [0.5, 0.6) is 5.75 Å². The lowest BCUT2D eigenvalue weighted by Gasteiger charge is -2.10. The minimum Gasteiger partial charge on any atom is -0.497 e. The molecule has 0 aliphatic rings. The summed E-state index contributed by atoms with van der Waals surface area (Å²) >= 11 is 0. The molecule has 2 aromatic heterocycles. The number of Topliss-reactive ketones (excluding diaryl/α,β-unsaturated/α-hetero) is 1. The number of ether oxygens (including phenoxy) is 1. The van der Waals surface area contributed by atoms with Crippen LogP contribution in [0.15, 0.2) is 77.6 Å². The summed E-state index contributed by atoms with van der Waals surface area (Å²) in [5.74, 6) is 0.946. The van der Waals surface area contributed by atoms with E-state index in [-0.39, 0.29) is 12.3 Å². The summed E-state index contributed by atoms with van der Waals surface area (Å²) in [6.07, 6.45) is 0. The van der Waals surface area contributed by atoms with Crippen molar-refractivity contribution in [3.05, 3.63) is 94.4 Å². The first-order valence-corrected chi connectivity index (χ1v) is 10.2. The Labute approximate surface area is 183 Å². The van der Waals surface area contributed by atoms with Crippen LogP contribution >= 0.6 is 0 Å². The number of hydrogen-bond acceptors (Lipinski definition) is 5. The predicted molar refractivity (Wildman–Crippen MR) is 122 cm³/mol. The van der Waals surface area contributed by atoms with Crippen LogP contribution in [0.2, 0.25) is 0 Å². The SMILES string of the molecule is COc1ccc(C(=O)Cn2c(=O)n3nc(-c4ccc(C)cc4)nc3c3ccccc32)cc1. The Balaban J connectivity index is 1.64. The Morgan fingerprint density at radius 2 is 1.69 bits per heavy atom. The third-order valence-electron chi connectivity index (χ3n) is 5.48. The van der Waals surface area contributed by atoms with E-state index in [9.17, 15) is 9.59 Å². The zero-order chi connectivity index (χ0) is 22.2. The molecule has 0 saturated carbocycles. The molecular formula is C25H20N4O3. The van der Waals surface area contributed by atoms with Crippen molar-refractivity contribution in [3.8, 4) is 17.1 Å². The molecule has 0 radical (unpaired) electrons. The van der Waals surface area contributed by atoms with E-state index >= 15 is 0 Å². The molecule has 5 rings (SSSR count). The highest BCUT2D eigenvalue weighted by molar-refractivity contribution is 5.98. The third kappa shape index (κ3) is 3.33. The van der Waals surface area contributed by atoms with Crippen LogP contribution in [0.4, 0.5) is 0 Å². The molecule has 0 atom stereocenters. The number of methoxy groups -OCH3 is 1.